The first-order chi connectivity index (χ1) is 25.2. The zero-order valence-electron chi connectivity index (χ0n) is 31.1. The maximum absolute atomic E-state index is 12.1. The molecule has 1 aliphatic rings. The molecule has 0 aliphatic carbocycles. The number of hydrogen-bond donors (Lipinski definition) is 2. The van der Waals surface area contributed by atoms with Crippen LogP contribution in [0.1, 0.15) is 132 Å². The third-order valence-corrected chi connectivity index (χ3v) is 10.4. The molecule has 6 nitrogen and oxygen atoms in total. The van der Waals surface area contributed by atoms with E-state index in [9.17, 15) is 9.90 Å². The van der Waals surface area contributed by atoms with Crippen LogP contribution in [0.2, 0.25) is 0 Å². The molecule has 286 valence electrons. The summed E-state index contributed by atoms with van der Waals surface area (Å²) in [4.78, 5) is 14.8. The standard InChI is InChI=1S/C43H59Cl3N2O4/c1-3-5-7-9-11-13-25-48(26-14-12-10-8-6-4-2)31-39-29-40(35-23-21-33(32-49)22-24-35)52-41(51-39)38-20-16-19-37(28-38)36-18-15-17-34(27-36)30-47-42(50)43(44,45)46/h15-24,27-28,39-41,49H,3-14,25-26,29-32H2,1-2H3,(H,47,50). The maximum atomic E-state index is 12.1. The number of hydrogen-bond acceptors (Lipinski definition) is 5. The molecule has 3 unspecified atom stereocenters. The largest absolute Gasteiger partial charge is 0.392 e. The first kappa shape index (κ1) is 42.6. The molecule has 1 aliphatic heterocycles. The van der Waals surface area contributed by atoms with Crippen molar-refractivity contribution >= 4 is 40.7 Å². The smallest absolute Gasteiger partial charge is 0.272 e. The lowest BCUT2D eigenvalue weighted by molar-refractivity contribution is -0.253. The van der Waals surface area contributed by atoms with E-state index in [-0.39, 0.29) is 25.4 Å². The van der Waals surface area contributed by atoms with Crippen molar-refractivity contribution in [1.82, 2.24) is 10.2 Å². The number of aliphatic hydroxyl groups is 1. The molecule has 1 amide bonds. The molecule has 2 N–H and O–H groups in total. The van der Waals surface area contributed by atoms with E-state index in [1.165, 1.54) is 77.0 Å². The van der Waals surface area contributed by atoms with E-state index in [1.807, 2.05) is 42.5 Å². The summed E-state index contributed by atoms with van der Waals surface area (Å²) in [5.41, 5.74) is 5.82. The van der Waals surface area contributed by atoms with E-state index in [4.69, 9.17) is 44.3 Å². The molecule has 52 heavy (non-hydrogen) atoms. The van der Waals surface area contributed by atoms with Crippen molar-refractivity contribution in [3.05, 3.63) is 95.1 Å². The van der Waals surface area contributed by atoms with Gasteiger partial charge < -0.3 is 24.8 Å². The summed E-state index contributed by atoms with van der Waals surface area (Å²) >= 11 is 17.2. The van der Waals surface area contributed by atoms with E-state index >= 15 is 0 Å². The second-order valence-corrected chi connectivity index (χ2v) is 16.5. The molecule has 0 spiro atoms. The van der Waals surface area contributed by atoms with Gasteiger partial charge in [0.25, 0.3) is 9.70 Å². The highest BCUT2D eigenvalue weighted by Gasteiger charge is 2.33. The van der Waals surface area contributed by atoms with Crippen LogP contribution >= 0.6 is 34.8 Å². The monoisotopic (exact) mass is 772 g/mol. The molecule has 9 heteroatoms. The van der Waals surface area contributed by atoms with E-state index in [2.05, 4.69) is 54.4 Å². The number of aliphatic hydroxyl groups excluding tert-OH is 1. The highest BCUT2D eigenvalue weighted by atomic mass is 35.6. The van der Waals surface area contributed by atoms with E-state index in [1.54, 1.807) is 0 Å². The predicted molar refractivity (Wildman–Crippen MR) is 216 cm³/mol. The van der Waals surface area contributed by atoms with Gasteiger partial charge in [-0.2, -0.15) is 0 Å². The molecule has 4 rings (SSSR count). The summed E-state index contributed by atoms with van der Waals surface area (Å²) in [5, 5.41) is 12.3. The Balaban J connectivity index is 1.51. The first-order valence-electron chi connectivity index (χ1n) is 19.5. The number of unbranched alkanes of at least 4 members (excludes halogenated alkanes) is 10. The molecule has 3 aromatic carbocycles. The van der Waals surface area contributed by atoms with Crippen molar-refractivity contribution in [2.45, 2.75) is 133 Å². The van der Waals surface area contributed by atoms with Gasteiger partial charge in [-0.05, 0) is 65.9 Å². The molecule has 3 aromatic rings. The van der Waals surface area contributed by atoms with Crippen molar-refractivity contribution in [1.29, 1.82) is 0 Å². The zero-order chi connectivity index (χ0) is 37.2. The number of alkyl halides is 3. The van der Waals surface area contributed by atoms with Crippen LogP contribution in [0, 0.1) is 0 Å². The van der Waals surface area contributed by atoms with Crippen molar-refractivity contribution in [3.63, 3.8) is 0 Å². The number of nitrogens with zero attached hydrogens (tertiary/aromatic N) is 1. The molecule has 0 radical (unpaired) electrons. The Kier molecular flexibility index (Phi) is 18.8. The van der Waals surface area contributed by atoms with Gasteiger partial charge in [0.1, 0.15) is 0 Å². The number of carbonyl (C=O) groups excluding carboxylic acids is 1. The lowest BCUT2D eigenvalue weighted by Gasteiger charge is -2.38. The number of benzene rings is 3. The van der Waals surface area contributed by atoms with Crippen LogP contribution in [-0.4, -0.2) is 45.4 Å². The second-order valence-electron chi connectivity index (χ2n) is 14.2. The van der Waals surface area contributed by atoms with E-state index in [0.29, 0.717) is 0 Å². The second kappa shape index (κ2) is 22.9. The van der Waals surface area contributed by atoms with Crippen molar-refractivity contribution < 1.29 is 19.4 Å². The summed E-state index contributed by atoms with van der Waals surface area (Å²) in [7, 11) is 0. The summed E-state index contributed by atoms with van der Waals surface area (Å²) < 4.78 is 11.6. The Morgan fingerprint density at radius 2 is 1.35 bits per heavy atom. The lowest BCUT2D eigenvalue weighted by atomic mass is 9.98. The Bertz CT molecular complexity index is 1450. The number of ether oxygens (including phenoxy) is 2. The van der Waals surface area contributed by atoms with Crippen LogP contribution < -0.4 is 5.32 Å². The van der Waals surface area contributed by atoms with Gasteiger partial charge in [-0.3, -0.25) is 4.79 Å². The lowest BCUT2D eigenvalue weighted by Crippen LogP contribution is -2.40. The average molecular weight is 774 g/mol. The number of amides is 1. The Hall–Kier alpha value is -2.16. The van der Waals surface area contributed by atoms with Gasteiger partial charge in [-0.15, -0.1) is 0 Å². The van der Waals surface area contributed by atoms with Crippen LogP contribution in [0.25, 0.3) is 11.1 Å². The van der Waals surface area contributed by atoms with Gasteiger partial charge in [-0.1, -0.05) is 174 Å². The molecule has 1 saturated heterocycles. The molecule has 3 atom stereocenters. The van der Waals surface area contributed by atoms with Gasteiger partial charge in [-0.25, -0.2) is 0 Å². The van der Waals surface area contributed by atoms with Gasteiger partial charge in [0.15, 0.2) is 6.29 Å². The van der Waals surface area contributed by atoms with Gasteiger partial charge in [0, 0.05) is 25.1 Å². The van der Waals surface area contributed by atoms with Crippen LogP contribution in [0.5, 0.6) is 0 Å². The fourth-order valence-electron chi connectivity index (χ4n) is 6.86. The molecule has 0 aromatic heterocycles. The fraction of sp³-hybridized carbons (Fsp3) is 0.558. The molecule has 1 fully saturated rings. The Labute approximate surface area is 327 Å². The molecular weight excluding hydrogens is 715 g/mol. The normalized spacial score (nSPS) is 17.8. The number of carbonyl (C=O) groups is 1. The quantitative estimate of drug-likeness (QED) is 0.0786. The molecule has 1 heterocycles. The van der Waals surface area contributed by atoms with E-state index in [0.717, 1.165) is 59.4 Å². The summed E-state index contributed by atoms with van der Waals surface area (Å²) in [5.74, 6) is -0.663. The molecule has 0 bridgehead atoms. The number of nitrogens with one attached hydrogen (secondary N) is 1. The Morgan fingerprint density at radius 3 is 1.96 bits per heavy atom. The zero-order valence-corrected chi connectivity index (χ0v) is 33.4. The van der Waals surface area contributed by atoms with Crippen LogP contribution in [-0.2, 0) is 27.4 Å². The predicted octanol–water partition coefficient (Wildman–Crippen LogP) is 11.4. The minimum Gasteiger partial charge on any atom is -0.392 e. The topological polar surface area (TPSA) is 71.0 Å². The van der Waals surface area contributed by atoms with Crippen LogP contribution in [0.4, 0.5) is 0 Å². The van der Waals surface area contributed by atoms with Crippen molar-refractivity contribution in [3.8, 4) is 11.1 Å². The molecular formula is C43H59Cl3N2O4. The van der Waals surface area contributed by atoms with Crippen LogP contribution in [0.3, 0.4) is 0 Å². The van der Waals surface area contributed by atoms with Crippen LogP contribution in [0.15, 0.2) is 72.8 Å². The number of halogens is 3. The fourth-order valence-corrected chi connectivity index (χ4v) is 7.06. The third kappa shape index (κ3) is 14.6. The highest BCUT2D eigenvalue weighted by Crippen LogP contribution is 2.39. The van der Waals surface area contributed by atoms with Crippen molar-refractivity contribution in [2.24, 2.45) is 0 Å². The minimum absolute atomic E-state index is 0.00466. The van der Waals surface area contributed by atoms with Gasteiger partial charge in [0.2, 0.25) is 0 Å². The highest BCUT2D eigenvalue weighted by molar-refractivity contribution is 6.76. The third-order valence-electron chi connectivity index (χ3n) is 9.86. The summed E-state index contributed by atoms with van der Waals surface area (Å²) in [6.07, 6.45) is 15.5. The Morgan fingerprint density at radius 1 is 0.750 bits per heavy atom. The average Bonchev–Trinajstić information content (AvgIpc) is 3.16. The van der Waals surface area contributed by atoms with Crippen molar-refractivity contribution in [2.75, 3.05) is 19.6 Å². The first-order valence-corrected chi connectivity index (χ1v) is 20.6. The number of rotatable bonds is 22. The summed E-state index contributed by atoms with van der Waals surface area (Å²) in [6, 6.07) is 24.3. The van der Waals surface area contributed by atoms with E-state index < -0.39 is 16.0 Å². The SMILES string of the molecule is CCCCCCCCN(CCCCCCCC)CC1CC(c2ccc(CO)cc2)OC(c2cccc(-c3cccc(CNC(=O)C(Cl)(Cl)Cl)c3)c2)O1. The summed E-state index contributed by atoms with van der Waals surface area (Å²) in [6.45, 7) is 7.85. The van der Waals surface area contributed by atoms with Gasteiger partial charge in [0.05, 0.1) is 18.8 Å². The van der Waals surface area contributed by atoms with Gasteiger partial charge >= 0.3 is 0 Å². The minimum atomic E-state index is -2.01. The maximum Gasteiger partial charge on any atom is 0.272 e. The molecule has 0 saturated carbocycles.